The first-order valence-electron chi connectivity index (χ1n) is 7.97. The third-order valence-electron chi connectivity index (χ3n) is 4.33. The molecule has 1 saturated heterocycles. The van der Waals surface area contributed by atoms with Crippen molar-refractivity contribution >= 4 is 21.6 Å². The zero-order chi connectivity index (χ0) is 18.0. The second-order valence-corrected chi connectivity index (χ2v) is 7.68. The summed E-state index contributed by atoms with van der Waals surface area (Å²) in [6.07, 6.45) is 0. The van der Waals surface area contributed by atoms with Crippen molar-refractivity contribution in [1.82, 2.24) is 4.31 Å². The number of benzene rings is 2. The lowest BCUT2D eigenvalue weighted by Crippen LogP contribution is -2.57. The standard InChI is InChI=1S/C18H20N2O4S/c1-14-18(21)19(15-8-10-16(24-2)11-9-15)12-13-20(14)25(22,23)17-6-4-3-5-7-17/h3-11,14H,12-13H2,1-2H3. The fourth-order valence-corrected chi connectivity index (χ4v) is 4.53. The maximum atomic E-state index is 12.8. The van der Waals surface area contributed by atoms with Crippen LogP contribution in [0.2, 0.25) is 0 Å². The molecule has 0 radical (unpaired) electrons. The van der Waals surface area contributed by atoms with Crippen molar-refractivity contribution < 1.29 is 17.9 Å². The molecule has 0 bridgehead atoms. The summed E-state index contributed by atoms with van der Waals surface area (Å²) in [5.74, 6) is 0.463. The summed E-state index contributed by atoms with van der Waals surface area (Å²) in [5, 5.41) is 0. The van der Waals surface area contributed by atoms with E-state index in [0.717, 1.165) is 5.69 Å². The molecule has 0 spiro atoms. The monoisotopic (exact) mass is 360 g/mol. The summed E-state index contributed by atoms with van der Waals surface area (Å²) in [4.78, 5) is 14.6. The number of amides is 1. The van der Waals surface area contributed by atoms with E-state index in [-0.39, 0.29) is 17.3 Å². The fourth-order valence-electron chi connectivity index (χ4n) is 2.93. The first-order chi connectivity index (χ1) is 11.9. The Labute approximate surface area is 147 Å². The summed E-state index contributed by atoms with van der Waals surface area (Å²) in [5.41, 5.74) is 0.731. The number of sulfonamides is 1. The van der Waals surface area contributed by atoms with Crippen LogP contribution in [0.1, 0.15) is 6.92 Å². The van der Waals surface area contributed by atoms with E-state index in [0.29, 0.717) is 12.3 Å². The van der Waals surface area contributed by atoms with Gasteiger partial charge in [0.2, 0.25) is 15.9 Å². The highest BCUT2D eigenvalue weighted by Crippen LogP contribution is 2.26. The van der Waals surface area contributed by atoms with Gasteiger partial charge in [-0.25, -0.2) is 8.42 Å². The minimum Gasteiger partial charge on any atom is -0.497 e. The minimum atomic E-state index is -3.69. The van der Waals surface area contributed by atoms with E-state index in [2.05, 4.69) is 0 Å². The molecule has 1 unspecified atom stereocenters. The lowest BCUT2D eigenvalue weighted by molar-refractivity contribution is -0.123. The smallest absolute Gasteiger partial charge is 0.245 e. The molecule has 1 atom stereocenters. The second-order valence-electron chi connectivity index (χ2n) is 5.79. The Morgan fingerprint density at radius 1 is 1.00 bits per heavy atom. The summed E-state index contributed by atoms with van der Waals surface area (Å²) < 4.78 is 32.0. The van der Waals surface area contributed by atoms with Gasteiger partial charge in [-0.05, 0) is 43.3 Å². The van der Waals surface area contributed by atoms with E-state index in [1.807, 2.05) is 0 Å². The Morgan fingerprint density at radius 2 is 1.64 bits per heavy atom. The molecule has 0 aliphatic carbocycles. The van der Waals surface area contributed by atoms with E-state index in [1.54, 1.807) is 73.5 Å². The third kappa shape index (κ3) is 3.25. The molecule has 0 aromatic heterocycles. The molecule has 25 heavy (non-hydrogen) atoms. The molecule has 3 rings (SSSR count). The Kier molecular flexibility index (Phi) is 4.78. The SMILES string of the molecule is COc1ccc(N2CCN(S(=O)(=O)c3ccccc3)C(C)C2=O)cc1. The molecule has 0 saturated carbocycles. The zero-order valence-electron chi connectivity index (χ0n) is 14.1. The second kappa shape index (κ2) is 6.85. The molecule has 132 valence electrons. The maximum absolute atomic E-state index is 12.8. The van der Waals surface area contributed by atoms with Gasteiger partial charge in [0.05, 0.1) is 12.0 Å². The van der Waals surface area contributed by atoms with Crippen molar-refractivity contribution in [1.29, 1.82) is 0 Å². The molecular weight excluding hydrogens is 340 g/mol. The normalized spacial score (nSPS) is 19.0. The van der Waals surface area contributed by atoms with E-state index < -0.39 is 16.1 Å². The van der Waals surface area contributed by atoms with Gasteiger partial charge in [0, 0.05) is 18.8 Å². The number of anilines is 1. The fraction of sp³-hybridized carbons (Fsp3) is 0.278. The molecule has 7 heteroatoms. The number of methoxy groups -OCH3 is 1. The van der Waals surface area contributed by atoms with Gasteiger partial charge in [0.1, 0.15) is 11.8 Å². The van der Waals surface area contributed by atoms with Crippen molar-refractivity contribution in [2.24, 2.45) is 0 Å². The van der Waals surface area contributed by atoms with Crippen LogP contribution < -0.4 is 9.64 Å². The number of carbonyl (C=O) groups excluding carboxylic acids is 1. The predicted molar refractivity (Wildman–Crippen MR) is 95.1 cm³/mol. The zero-order valence-corrected chi connectivity index (χ0v) is 14.9. The number of carbonyl (C=O) groups is 1. The van der Waals surface area contributed by atoms with Crippen LogP contribution in [0.5, 0.6) is 5.75 Å². The van der Waals surface area contributed by atoms with Crippen LogP contribution in [0.3, 0.4) is 0 Å². The van der Waals surface area contributed by atoms with Crippen LogP contribution in [-0.4, -0.2) is 44.9 Å². The van der Waals surface area contributed by atoms with E-state index >= 15 is 0 Å². The largest absolute Gasteiger partial charge is 0.497 e. The quantitative estimate of drug-likeness (QED) is 0.838. The number of hydrogen-bond donors (Lipinski definition) is 0. The Hall–Kier alpha value is -2.38. The first kappa shape index (κ1) is 17.4. The maximum Gasteiger partial charge on any atom is 0.245 e. The van der Waals surface area contributed by atoms with Gasteiger partial charge in [0.25, 0.3) is 0 Å². The van der Waals surface area contributed by atoms with Crippen LogP contribution in [0.15, 0.2) is 59.5 Å². The van der Waals surface area contributed by atoms with E-state index in [4.69, 9.17) is 4.74 Å². The van der Waals surface area contributed by atoms with Crippen molar-refractivity contribution in [2.45, 2.75) is 17.9 Å². The van der Waals surface area contributed by atoms with Gasteiger partial charge in [-0.1, -0.05) is 18.2 Å². The Morgan fingerprint density at radius 3 is 2.24 bits per heavy atom. The molecule has 6 nitrogen and oxygen atoms in total. The lowest BCUT2D eigenvalue weighted by atomic mass is 10.2. The molecule has 1 aliphatic rings. The number of nitrogens with zero attached hydrogens (tertiary/aromatic N) is 2. The topological polar surface area (TPSA) is 66.9 Å². The van der Waals surface area contributed by atoms with Gasteiger partial charge in [-0.2, -0.15) is 4.31 Å². The van der Waals surface area contributed by atoms with Gasteiger partial charge >= 0.3 is 0 Å². The van der Waals surface area contributed by atoms with E-state index in [1.165, 1.54) is 4.31 Å². The van der Waals surface area contributed by atoms with Crippen molar-refractivity contribution in [2.75, 3.05) is 25.1 Å². The average molecular weight is 360 g/mol. The lowest BCUT2D eigenvalue weighted by Gasteiger charge is -2.38. The first-order valence-corrected chi connectivity index (χ1v) is 9.41. The van der Waals surface area contributed by atoms with Gasteiger partial charge in [-0.3, -0.25) is 4.79 Å². The summed E-state index contributed by atoms with van der Waals surface area (Å²) >= 11 is 0. The highest BCUT2D eigenvalue weighted by Gasteiger charge is 2.39. The van der Waals surface area contributed by atoms with Crippen LogP contribution in [0, 0.1) is 0 Å². The van der Waals surface area contributed by atoms with Crippen LogP contribution in [0.4, 0.5) is 5.69 Å². The number of rotatable bonds is 4. The minimum absolute atomic E-state index is 0.201. The summed E-state index contributed by atoms with van der Waals surface area (Å²) in [6.45, 7) is 2.18. The van der Waals surface area contributed by atoms with Gasteiger partial charge in [0.15, 0.2) is 0 Å². The van der Waals surface area contributed by atoms with Crippen LogP contribution in [-0.2, 0) is 14.8 Å². The molecule has 1 heterocycles. The van der Waals surface area contributed by atoms with Crippen molar-refractivity contribution in [3.05, 3.63) is 54.6 Å². The molecule has 2 aromatic rings. The molecule has 2 aromatic carbocycles. The number of piperazine rings is 1. The Bertz CT molecular complexity index is 850. The predicted octanol–water partition coefficient (Wildman–Crippen LogP) is 2.12. The highest BCUT2D eigenvalue weighted by molar-refractivity contribution is 7.89. The van der Waals surface area contributed by atoms with Gasteiger partial charge < -0.3 is 9.64 Å². The number of ether oxygens (including phenoxy) is 1. The molecular formula is C18H20N2O4S. The Balaban J connectivity index is 1.84. The van der Waals surface area contributed by atoms with Crippen molar-refractivity contribution in [3.8, 4) is 5.75 Å². The average Bonchev–Trinajstić information content (AvgIpc) is 2.64. The molecule has 0 N–H and O–H groups in total. The third-order valence-corrected chi connectivity index (χ3v) is 6.32. The van der Waals surface area contributed by atoms with Gasteiger partial charge in [-0.15, -0.1) is 0 Å². The highest BCUT2D eigenvalue weighted by atomic mass is 32.2. The summed E-state index contributed by atoms with van der Waals surface area (Å²) in [7, 11) is -2.12. The van der Waals surface area contributed by atoms with Crippen LogP contribution >= 0.6 is 0 Å². The van der Waals surface area contributed by atoms with Crippen LogP contribution in [0.25, 0.3) is 0 Å². The molecule has 1 fully saturated rings. The molecule has 1 amide bonds. The van der Waals surface area contributed by atoms with Crippen molar-refractivity contribution in [3.63, 3.8) is 0 Å². The van der Waals surface area contributed by atoms with E-state index in [9.17, 15) is 13.2 Å². The number of hydrogen-bond acceptors (Lipinski definition) is 4. The molecule has 1 aliphatic heterocycles. The summed E-state index contributed by atoms with van der Waals surface area (Å²) in [6, 6.07) is 14.6.